The van der Waals surface area contributed by atoms with Gasteiger partial charge < -0.3 is 9.84 Å². The standard InChI is InChI=1S/C29H22ClN3O4S2/c30-22-11-9-19(10-12-22)18-37-24-8-4-5-20(15-24)27-21(17-33(31-27)23-6-2-1-3-7-23)16-25-28(36)32(29(38)39-25)14-13-26(34)35/h1-12,15-17H,13-14,18H2,(H,34,35). The van der Waals surface area contributed by atoms with Gasteiger partial charge in [-0.3, -0.25) is 14.5 Å². The summed E-state index contributed by atoms with van der Waals surface area (Å²) >= 11 is 12.5. The van der Waals surface area contributed by atoms with Crippen LogP contribution in [0.1, 0.15) is 17.5 Å². The molecule has 1 saturated heterocycles. The van der Waals surface area contributed by atoms with Crippen LogP contribution in [0.3, 0.4) is 0 Å². The molecule has 3 aromatic carbocycles. The first-order valence-corrected chi connectivity index (χ1v) is 13.6. The van der Waals surface area contributed by atoms with Gasteiger partial charge in [-0.2, -0.15) is 5.10 Å². The van der Waals surface area contributed by atoms with Crippen molar-refractivity contribution in [2.75, 3.05) is 6.54 Å². The minimum Gasteiger partial charge on any atom is -0.489 e. The number of halogens is 1. The van der Waals surface area contributed by atoms with Gasteiger partial charge in [-0.05, 0) is 48.0 Å². The molecule has 0 bridgehead atoms. The van der Waals surface area contributed by atoms with E-state index in [4.69, 9.17) is 38.8 Å². The number of rotatable bonds is 9. The first-order valence-electron chi connectivity index (χ1n) is 12.0. The third kappa shape index (κ3) is 6.39. The van der Waals surface area contributed by atoms with Crippen LogP contribution in [0.4, 0.5) is 0 Å². The Morgan fingerprint density at radius 3 is 2.59 bits per heavy atom. The summed E-state index contributed by atoms with van der Waals surface area (Å²) in [6, 6.07) is 24.7. The van der Waals surface area contributed by atoms with Gasteiger partial charge in [-0.15, -0.1) is 0 Å². The van der Waals surface area contributed by atoms with E-state index in [0.29, 0.717) is 37.9 Å². The molecule has 4 aromatic rings. The molecular formula is C29H22ClN3O4S2. The van der Waals surface area contributed by atoms with Crippen molar-refractivity contribution in [2.24, 2.45) is 0 Å². The average molecular weight is 576 g/mol. The number of ether oxygens (including phenoxy) is 1. The number of carboxylic acid groups (broad SMARTS) is 1. The van der Waals surface area contributed by atoms with Crippen LogP contribution in [-0.2, 0) is 16.2 Å². The van der Waals surface area contributed by atoms with Crippen LogP contribution in [0.5, 0.6) is 5.75 Å². The highest BCUT2D eigenvalue weighted by Gasteiger charge is 2.32. The number of carbonyl (C=O) groups is 2. The SMILES string of the molecule is O=C(O)CCN1C(=O)C(=Cc2cn(-c3ccccc3)nc2-c2cccc(OCc3ccc(Cl)cc3)c2)SC1=S. The maximum Gasteiger partial charge on any atom is 0.305 e. The third-order valence-corrected chi connectivity index (χ3v) is 7.53. The Morgan fingerprint density at radius 1 is 1.08 bits per heavy atom. The number of thiocarbonyl (C=S) groups is 1. The van der Waals surface area contributed by atoms with Crippen LogP contribution in [0.15, 0.2) is 90.0 Å². The van der Waals surface area contributed by atoms with Gasteiger partial charge in [-0.1, -0.05) is 78.0 Å². The molecule has 0 aliphatic carbocycles. The number of carboxylic acids is 1. The molecule has 0 radical (unpaired) electrons. The fraction of sp³-hybridized carbons (Fsp3) is 0.103. The summed E-state index contributed by atoms with van der Waals surface area (Å²) in [7, 11) is 0. The molecule has 2 heterocycles. The van der Waals surface area contributed by atoms with Crippen LogP contribution >= 0.6 is 35.6 Å². The number of para-hydroxylation sites is 1. The fourth-order valence-corrected chi connectivity index (χ4v) is 5.38. The second-order valence-electron chi connectivity index (χ2n) is 8.63. The highest BCUT2D eigenvalue weighted by Crippen LogP contribution is 2.35. The molecule has 0 spiro atoms. The van der Waals surface area contributed by atoms with Crippen molar-refractivity contribution in [1.29, 1.82) is 0 Å². The van der Waals surface area contributed by atoms with Crippen LogP contribution < -0.4 is 4.74 Å². The molecular weight excluding hydrogens is 554 g/mol. The summed E-state index contributed by atoms with van der Waals surface area (Å²) in [5.41, 5.74) is 4.04. The van der Waals surface area contributed by atoms with Gasteiger partial charge in [-0.25, -0.2) is 4.68 Å². The molecule has 1 aromatic heterocycles. The van der Waals surface area contributed by atoms with E-state index in [1.165, 1.54) is 4.90 Å². The van der Waals surface area contributed by atoms with E-state index in [1.54, 1.807) is 10.8 Å². The predicted molar refractivity (Wildman–Crippen MR) is 157 cm³/mol. The van der Waals surface area contributed by atoms with Crippen molar-refractivity contribution >= 4 is 57.9 Å². The Balaban J connectivity index is 1.47. The lowest BCUT2D eigenvalue weighted by Gasteiger charge is -2.12. The van der Waals surface area contributed by atoms with E-state index in [9.17, 15) is 9.59 Å². The van der Waals surface area contributed by atoms with Crippen molar-refractivity contribution in [3.8, 4) is 22.7 Å². The largest absolute Gasteiger partial charge is 0.489 e. The molecule has 1 aliphatic rings. The predicted octanol–water partition coefficient (Wildman–Crippen LogP) is 6.45. The minimum absolute atomic E-state index is 0.0283. The Hall–Kier alpha value is -3.92. The first-order chi connectivity index (χ1) is 18.9. The zero-order valence-electron chi connectivity index (χ0n) is 20.5. The first kappa shape index (κ1) is 26.7. The monoisotopic (exact) mass is 575 g/mol. The Kier molecular flexibility index (Phi) is 8.11. The van der Waals surface area contributed by atoms with E-state index in [0.717, 1.165) is 28.6 Å². The van der Waals surface area contributed by atoms with Crippen LogP contribution in [0.2, 0.25) is 5.02 Å². The number of nitrogens with zero attached hydrogens (tertiary/aromatic N) is 3. The number of amides is 1. The van der Waals surface area contributed by atoms with E-state index < -0.39 is 5.97 Å². The number of aliphatic carboxylic acids is 1. The zero-order chi connectivity index (χ0) is 27.4. The van der Waals surface area contributed by atoms with E-state index in [1.807, 2.05) is 85.1 Å². The van der Waals surface area contributed by atoms with Gasteiger partial charge in [0.2, 0.25) is 0 Å². The molecule has 0 saturated carbocycles. The van der Waals surface area contributed by atoms with E-state index >= 15 is 0 Å². The highest BCUT2D eigenvalue weighted by atomic mass is 35.5. The summed E-state index contributed by atoms with van der Waals surface area (Å²) in [4.78, 5) is 25.8. The second kappa shape index (κ2) is 11.9. The fourth-order valence-electron chi connectivity index (χ4n) is 3.95. The van der Waals surface area contributed by atoms with Gasteiger partial charge >= 0.3 is 5.97 Å². The summed E-state index contributed by atoms with van der Waals surface area (Å²) in [5.74, 6) is -0.634. The Morgan fingerprint density at radius 2 is 1.85 bits per heavy atom. The third-order valence-electron chi connectivity index (χ3n) is 5.90. The number of aromatic nitrogens is 2. The van der Waals surface area contributed by atoms with E-state index in [2.05, 4.69) is 0 Å². The number of benzene rings is 3. The van der Waals surface area contributed by atoms with Crippen LogP contribution in [0, 0.1) is 0 Å². The second-order valence-corrected chi connectivity index (χ2v) is 10.7. The van der Waals surface area contributed by atoms with Gasteiger partial charge in [0, 0.05) is 28.9 Å². The molecule has 0 unspecified atom stereocenters. The molecule has 0 atom stereocenters. The minimum atomic E-state index is -0.988. The van der Waals surface area contributed by atoms with Crippen molar-refractivity contribution in [3.05, 3.63) is 106 Å². The molecule has 39 heavy (non-hydrogen) atoms. The lowest BCUT2D eigenvalue weighted by atomic mass is 10.1. The van der Waals surface area contributed by atoms with E-state index in [-0.39, 0.29) is 18.9 Å². The number of hydrogen-bond donors (Lipinski definition) is 1. The average Bonchev–Trinajstić information content (AvgIpc) is 3.48. The van der Waals surface area contributed by atoms with Gasteiger partial charge in [0.1, 0.15) is 22.4 Å². The van der Waals surface area contributed by atoms with Crippen molar-refractivity contribution < 1.29 is 19.4 Å². The smallest absolute Gasteiger partial charge is 0.305 e. The number of hydrogen-bond acceptors (Lipinski definition) is 6. The van der Waals surface area contributed by atoms with Crippen molar-refractivity contribution in [3.63, 3.8) is 0 Å². The number of thioether (sulfide) groups is 1. The molecule has 1 aliphatic heterocycles. The summed E-state index contributed by atoms with van der Waals surface area (Å²) in [5, 5.41) is 14.5. The lowest BCUT2D eigenvalue weighted by Crippen LogP contribution is -2.30. The maximum atomic E-state index is 13.1. The molecule has 5 rings (SSSR count). The van der Waals surface area contributed by atoms with Crippen LogP contribution in [-0.4, -0.2) is 42.5 Å². The normalized spacial score (nSPS) is 14.3. The zero-order valence-corrected chi connectivity index (χ0v) is 22.9. The summed E-state index contributed by atoms with van der Waals surface area (Å²) in [6.45, 7) is 0.408. The van der Waals surface area contributed by atoms with Crippen molar-refractivity contribution in [1.82, 2.24) is 14.7 Å². The molecule has 196 valence electrons. The molecule has 1 amide bonds. The lowest BCUT2D eigenvalue weighted by molar-refractivity contribution is -0.137. The van der Waals surface area contributed by atoms with Crippen LogP contribution in [0.25, 0.3) is 23.0 Å². The van der Waals surface area contributed by atoms with Crippen molar-refractivity contribution in [2.45, 2.75) is 13.0 Å². The summed E-state index contributed by atoms with van der Waals surface area (Å²) < 4.78 is 8.12. The Bertz CT molecular complexity index is 1570. The molecule has 10 heteroatoms. The maximum absolute atomic E-state index is 13.1. The van der Waals surface area contributed by atoms with Gasteiger partial charge in [0.25, 0.3) is 5.91 Å². The molecule has 1 N–H and O–H groups in total. The highest BCUT2D eigenvalue weighted by molar-refractivity contribution is 8.26. The summed E-state index contributed by atoms with van der Waals surface area (Å²) in [6.07, 6.45) is 3.43. The molecule has 1 fully saturated rings. The topological polar surface area (TPSA) is 84.7 Å². The Labute approximate surface area is 239 Å². The quantitative estimate of drug-likeness (QED) is 0.181. The number of carbonyl (C=O) groups excluding carboxylic acids is 1. The molecule has 7 nitrogen and oxygen atoms in total. The van der Waals surface area contributed by atoms with Gasteiger partial charge in [0.05, 0.1) is 17.0 Å². The van der Waals surface area contributed by atoms with Gasteiger partial charge in [0.15, 0.2) is 0 Å².